The number of H-pyrrole nitrogens is 1. The Labute approximate surface area is 187 Å². The predicted molar refractivity (Wildman–Crippen MR) is 115 cm³/mol. The van der Waals surface area contributed by atoms with Gasteiger partial charge in [-0.25, -0.2) is 24.4 Å². The number of hydrogen-bond acceptors (Lipinski definition) is 9. The van der Waals surface area contributed by atoms with Crippen LogP contribution >= 0.6 is 0 Å². The molecular weight excluding hydrogens is 428 g/mol. The van der Waals surface area contributed by atoms with Gasteiger partial charge in [-0.2, -0.15) is 0 Å². The van der Waals surface area contributed by atoms with E-state index in [4.69, 9.17) is 19.4 Å². The summed E-state index contributed by atoms with van der Waals surface area (Å²) in [4.78, 5) is 30.7. The van der Waals surface area contributed by atoms with Crippen molar-refractivity contribution in [2.24, 2.45) is 0 Å². The Bertz CT molecular complexity index is 1370. The third kappa shape index (κ3) is 3.26. The quantitative estimate of drug-likeness (QED) is 0.469. The SMILES string of the molecule is C[C@@H]1COCC2COc3c(Cn4cc(C(=O)O)nn4)nc(-c4ccnc5[nH]ccc45)nc3N21. The topological polar surface area (TPSA) is 144 Å². The van der Waals surface area contributed by atoms with Gasteiger partial charge in [0.25, 0.3) is 0 Å². The van der Waals surface area contributed by atoms with E-state index in [2.05, 4.69) is 32.1 Å². The molecule has 12 nitrogen and oxygen atoms in total. The third-order valence-corrected chi connectivity index (χ3v) is 5.89. The molecule has 12 heteroatoms. The Kier molecular flexibility index (Phi) is 4.47. The molecule has 2 N–H and O–H groups in total. The number of aromatic carboxylic acids is 1. The highest BCUT2D eigenvalue weighted by Crippen LogP contribution is 2.39. The molecule has 4 aromatic rings. The maximum Gasteiger partial charge on any atom is 0.358 e. The summed E-state index contributed by atoms with van der Waals surface area (Å²) in [5.41, 5.74) is 2.03. The largest absolute Gasteiger partial charge is 0.486 e. The van der Waals surface area contributed by atoms with Gasteiger partial charge in [0.15, 0.2) is 23.1 Å². The number of carboxylic acids is 1. The van der Waals surface area contributed by atoms with E-state index in [0.29, 0.717) is 42.9 Å². The first-order chi connectivity index (χ1) is 16.1. The van der Waals surface area contributed by atoms with Gasteiger partial charge in [0.05, 0.1) is 38.0 Å². The van der Waals surface area contributed by atoms with Crippen LogP contribution in [0.5, 0.6) is 5.75 Å². The fourth-order valence-corrected chi connectivity index (χ4v) is 4.40. The number of rotatable bonds is 4. The van der Waals surface area contributed by atoms with Crippen molar-refractivity contribution in [3.8, 4) is 17.1 Å². The molecule has 0 bridgehead atoms. The molecular formula is C21H20N8O4. The zero-order chi connectivity index (χ0) is 22.5. The maximum atomic E-state index is 11.2. The van der Waals surface area contributed by atoms with Crippen LogP contribution in [0.15, 0.2) is 30.7 Å². The van der Waals surface area contributed by atoms with Crippen molar-refractivity contribution in [3.05, 3.63) is 42.1 Å². The highest BCUT2D eigenvalue weighted by Gasteiger charge is 2.38. The van der Waals surface area contributed by atoms with Gasteiger partial charge in [0, 0.05) is 23.3 Å². The van der Waals surface area contributed by atoms with Gasteiger partial charge in [-0.05, 0) is 19.1 Å². The van der Waals surface area contributed by atoms with Crippen LogP contribution in [0.25, 0.3) is 22.4 Å². The van der Waals surface area contributed by atoms with E-state index in [1.807, 2.05) is 18.3 Å². The number of nitrogens with one attached hydrogen (secondary N) is 1. The maximum absolute atomic E-state index is 11.2. The van der Waals surface area contributed by atoms with E-state index in [-0.39, 0.29) is 24.3 Å². The summed E-state index contributed by atoms with van der Waals surface area (Å²) in [5.74, 6) is 0.647. The van der Waals surface area contributed by atoms with Gasteiger partial charge < -0.3 is 24.5 Å². The monoisotopic (exact) mass is 448 g/mol. The van der Waals surface area contributed by atoms with E-state index in [0.717, 1.165) is 16.6 Å². The first-order valence-corrected chi connectivity index (χ1v) is 10.5. The van der Waals surface area contributed by atoms with Crippen molar-refractivity contribution in [2.75, 3.05) is 24.7 Å². The fourth-order valence-electron chi connectivity index (χ4n) is 4.40. The lowest BCUT2D eigenvalue weighted by atomic mass is 10.1. The van der Waals surface area contributed by atoms with Crippen molar-refractivity contribution in [3.63, 3.8) is 0 Å². The Balaban J connectivity index is 1.52. The molecule has 2 aliphatic heterocycles. The number of hydrogen-bond donors (Lipinski definition) is 2. The summed E-state index contributed by atoms with van der Waals surface area (Å²) in [6, 6.07) is 3.97. The summed E-state index contributed by atoms with van der Waals surface area (Å²) in [7, 11) is 0. The summed E-state index contributed by atoms with van der Waals surface area (Å²) >= 11 is 0. The molecule has 0 saturated carbocycles. The van der Waals surface area contributed by atoms with Crippen LogP contribution in [0.1, 0.15) is 23.1 Å². The molecule has 0 aromatic carbocycles. The lowest BCUT2D eigenvalue weighted by molar-refractivity contribution is 0.0483. The number of pyridine rings is 1. The molecule has 0 amide bonds. The molecule has 4 aromatic heterocycles. The Hall–Kier alpha value is -4.06. The number of anilines is 1. The van der Waals surface area contributed by atoms with E-state index in [1.165, 1.54) is 10.9 Å². The molecule has 1 unspecified atom stereocenters. The van der Waals surface area contributed by atoms with Crippen LogP contribution in [0.4, 0.5) is 5.82 Å². The minimum atomic E-state index is -1.14. The lowest BCUT2D eigenvalue weighted by Crippen LogP contribution is -2.56. The second-order valence-corrected chi connectivity index (χ2v) is 8.11. The van der Waals surface area contributed by atoms with E-state index >= 15 is 0 Å². The number of aromatic nitrogens is 7. The van der Waals surface area contributed by atoms with Gasteiger partial charge in [0.1, 0.15) is 17.9 Å². The summed E-state index contributed by atoms with van der Waals surface area (Å²) < 4.78 is 13.3. The van der Waals surface area contributed by atoms with Gasteiger partial charge in [0.2, 0.25) is 0 Å². The highest BCUT2D eigenvalue weighted by atomic mass is 16.5. The minimum Gasteiger partial charge on any atom is -0.486 e. The molecule has 6 rings (SSSR count). The first kappa shape index (κ1) is 19.6. The van der Waals surface area contributed by atoms with Crippen molar-refractivity contribution in [1.82, 2.24) is 34.9 Å². The average molecular weight is 448 g/mol. The zero-order valence-corrected chi connectivity index (χ0v) is 17.7. The Morgan fingerprint density at radius 3 is 3.03 bits per heavy atom. The number of ether oxygens (including phenoxy) is 2. The molecule has 168 valence electrons. The first-order valence-electron chi connectivity index (χ1n) is 10.5. The van der Waals surface area contributed by atoms with Crippen molar-refractivity contribution < 1.29 is 19.4 Å². The lowest BCUT2D eigenvalue weighted by Gasteiger charge is -2.44. The van der Waals surface area contributed by atoms with Crippen molar-refractivity contribution in [1.29, 1.82) is 0 Å². The highest BCUT2D eigenvalue weighted by molar-refractivity contribution is 5.91. The second kappa shape index (κ2) is 7.52. The summed E-state index contributed by atoms with van der Waals surface area (Å²) in [6.45, 7) is 3.87. The molecule has 2 atom stereocenters. The van der Waals surface area contributed by atoms with E-state index < -0.39 is 5.97 Å². The van der Waals surface area contributed by atoms with E-state index in [9.17, 15) is 9.90 Å². The van der Waals surface area contributed by atoms with Gasteiger partial charge >= 0.3 is 5.97 Å². The Morgan fingerprint density at radius 1 is 1.27 bits per heavy atom. The van der Waals surface area contributed by atoms with Crippen LogP contribution in [0.2, 0.25) is 0 Å². The van der Waals surface area contributed by atoms with Gasteiger partial charge in [-0.1, -0.05) is 5.21 Å². The molecule has 0 spiro atoms. The number of fused-ring (bicyclic) bond motifs is 4. The van der Waals surface area contributed by atoms with Crippen LogP contribution < -0.4 is 9.64 Å². The smallest absolute Gasteiger partial charge is 0.358 e. The molecule has 33 heavy (non-hydrogen) atoms. The second-order valence-electron chi connectivity index (χ2n) is 8.11. The van der Waals surface area contributed by atoms with Crippen molar-refractivity contribution in [2.45, 2.75) is 25.6 Å². The summed E-state index contributed by atoms with van der Waals surface area (Å²) in [6.07, 6.45) is 4.91. The minimum absolute atomic E-state index is 0.0477. The molecule has 0 radical (unpaired) electrons. The number of morpholine rings is 1. The third-order valence-electron chi connectivity index (χ3n) is 5.89. The van der Waals surface area contributed by atoms with Crippen LogP contribution in [0.3, 0.4) is 0 Å². The number of carbonyl (C=O) groups is 1. The molecule has 1 saturated heterocycles. The fraction of sp³-hybridized carbons (Fsp3) is 0.333. The standard InChI is InChI=1S/C21H20N8O4/c1-11-8-32-9-12-10-33-17-15(6-28-7-16(21(30)31)26-27-28)24-19(25-20(17)29(11)12)14-3-5-23-18-13(14)2-4-22-18/h2-5,7,11-12H,6,8-10H2,1H3,(H,22,23)(H,30,31)/t11-,12?/m1/s1. The van der Waals surface area contributed by atoms with Crippen LogP contribution in [-0.4, -0.2) is 77.9 Å². The molecule has 6 heterocycles. The van der Waals surface area contributed by atoms with Gasteiger partial charge in [-0.3, -0.25) is 0 Å². The zero-order valence-electron chi connectivity index (χ0n) is 17.7. The van der Waals surface area contributed by atoms with Gasteiger partial charge in [-0.15, -0.1) is 5.10 Å². The predicted octanol–water partition coefficient (Wildman–Crippen LogP) is 1.34. The Morgan fingerprint density at radius 2 is 2.18 bits per heavy atom. The van der Waals surface area contributed by atoms with Crippen LogP contribution in [0, 0.1) is 0 Å². The summed E-state index contributed by atoms with van der Waals surface area (Å²) in [5, 5.41) is 17.7. The van der Waals surface area contributed by atoms with Crippen molar-refractivity contribution >= 4 is 22.8 Å². The molecule has 2 aliphatic rings. The number of nitrogens with zero attached hydrogens (tertiary/aromatic N) is 7. The average Bonchev–Trinajstić information content (AvgIpc) is 3.48. The number of aromatic amines is 1. The molecule has 0 aliphatic carbocycles. The van der Waals surface area contributed by atoms with E-state index in [1.54, 1.807) is 6.20 Å². The van der Waals surface area contributed by atoms with Crippen LogP contribution in [-0.2, 0) is 11.3 Å². The number of carboxylic acid groups (broad SMARTS) is 1. The normalized spacial score (nSPS) is 19.7. The molecule has 1 fully saturated rings.